The third-order valence-electron chi connectivity index (χ3n) is 4.34. The maximum atomic E-state index is 7.87. The van der Waals surface area contributed by atoms with Gasteiger partial charge >= 0.3 is 0 Å². The number of fused-ring (bicyclic) bond motifs is 2. The molecule has 1 aromatic carbocycles. The molecule has 0 saturated carbocycles. The van der Waals surface area contributed by atoms with Gasteiger partial charge in [-0.15, -0.1) is 0 Å². The minimum atomic E-state index is 0.342. The highest BCUT2D eigenvalue weighted by atomic mass is 15.1. The lowest BCUT2D eigenvalue weighted by Gasteiger charge is -2.31. The van der Waals surface area contributed by atoms with E-state index in [1.165, 1.54) is 33.5 Å². The number of hydrogen-bond donors (Lipinski definition) is 1. The number of nitrogens with zero attached hydrogens (tertiary/aromatic N) is 1. The molecule has 2 aliphatic rings. The van der Waals surface area contributed by atoms with Crippen molar-refractivity contribution >= 4 is 17.0 Å². The van der Waals surface area contributed by atoms with E-state index < -0.39 is 0 Å². The second-order valence-electron chi connectivity index (χ2n) is 5.81. The predicted octanol–water partition coefficient (Wildman–Crippen LogP) is 4.16. The van der Waals surface area contributed by atoms with Gasteiger partial charge in [0.25, 0.3) is 0 Å². The van der Waals surface area contributed by atoms with Crippen molar-refractivity contribution in [3.63, 3.8) is 0 Å². The van der Waals surface area contributed by atoms with E-state index in [4.69, 9.17) is 5.41 Å². The minimum Gasteiger partial charge on any atom is -0.378 e. The lowest BCUT2D eigenvalue weighted by molar-refractivity contribution is 0.889. The van der Waals surface area contributed by atoms with Gasteiger partial charge in [0, 0.05) is 25.7 Å². The van der Waals surface area contributed by atoms with Crippen molar-refractivity contribution in [1.29, 1.82) is 5.41 Å². The van der Waals surface area contributed by atoms with E-state index in [0.29, 0.717) is 11.6 Å². The summed E-state index contributed by atoms with van der Waals surface area (Å²) in [5, 5.41) is 7.87. The van der Waals surface area contributed by atoms with Crippen molar-refractivity contribution in [2.24, 2.45) is 0 Å². The van der Waals surface area contributed by atoms with Crippen LogP contribution in [0.1, 0.15) is 30.9 Å². The Labute approximate surface area is 120 Å². The van der Waals surface area contributed by atoms with E-state index in [9.17, 15) is 0 Å². The molecule has 0 radical (unpaired) electrons. The molecule has 0 aromatic heterocycles. The van der Waals surface area contributed by atoms with Gasteiger partial charge in [0.1, 0.15) is 0 Å². The van der Waals surface area contributed by atoms with Crippen molar-refractivity contribution in [2.75, 3.05) is 19.0 Å². The summed E-state index contributed by atoms with van der Waals surface area (Å²) in [6.45, 7) is 4.42. The first kappa shape index (κ1) is 12.9. The molecule has 2 nitrogen and oxygen atoms in total. The molecule has 0 aliphatic heterocycles. The summed E-state index contributed by atoms with van der Waals surface area (Å²) >= 11 is 0. The zero-order chi connectivity index (χ0) is 14.4. The number of benzene rings is 1. The summed E-state index contributed by atoms with van der Waals surface area (Å²) in [7, 11) is 4.14. The van der Waals surface area contributed by atoms with Crippen molar-refractivity contribution in [1.82, 2.24) is 0 Å². The Kier molecular flexibility index (Phi) is 2.89. The molecule has 2 heteroatoms. The van der Waals surface area contributed by atoms with Gasteiger partial charge in [-0.05, 0) is 59.1 Å². The summed E-state index contributed by atoms with van der Waals surface area (Å²) < 4.78 is 0. The molecule has 3 rings (SSSR count). The molecule has 0 heterocycles. The number of rotatable bonds is 1. The average Bonchev–Trinajstić information content (AvgIpc) is 2.44. The Morgan fingerprint density at radius 1 is 1.15 bits per heavy atom. The lowest BCUT2D eigenvalue weighted by atomic mass is 9.74. The minimum absolute atomic E-state index is 0.342. The van der Waals surface area contributed by atoms with Crippen LogP contribution in [0, 0.1) is 5.41 Å². The number of hydrogen-bond acceptors (Lipinski definition) is 2. The quantitative estimate of drug-likeness (QED) is 0.810. The summed E-state index contributed by atoms with van der Waals surface area (Å²) in [6, 6.07) is 6.69. The van der Waals surface area contributed by atoms with Crippen LogP contribution in [-0.4, -0.2) is 19.8 Å². The van der Waals surface area contributed by atoms with E-state index in [0.717, 1.165) is 0 Å². The van der Waals surface area contributed by atoms with Crippen LogP contribution < -0.4 is 4.90 Å². The smallest absolute Gasteiger partial charge is 0.0543 e. The Morgan fingerprint density at radius 2 is 1.90 bits per heavy atom. The molecule has 1 N–H and O–H groups in total. The largest absolute Gasteiger partial charge is 0.378 e. The Morgan fingerprint density at radius 3 is 2.60 bits per heavy atom. The highest BCUT2D eigenvalue weighted by Gasteiger charge is 2.27. The van der Waals surface area contributed by atoms with Gasteiger partial charge in [0.15, 0.2) is 0 Å². The molecule has 0 fully saturated rings. The van der Waals surface area contributed by atoms with Crippen LogP contribution >= 0.6 is 0 Å². The van der Waals surface area contributed by atoms with Gasteiger partial charge in [-0.25, -0.2) is 0 Å². The fourth-order valence-electron chi connectivity index (χ4n) is 3.10. The third-order valence-corrected chi connectivity index (χ3v) is 4.34. The molecule has 0 amide bonds. The van der Waals surface area contributed by atoms with Crippen molar-refractivity contribution in [3.05, 3.63) is 58.7 Å². The summed E-state index contributed by atoms with van der Waals surface area (Å²) in [5.41, 5.74) is 8.42. The van der Waals surface area contributed by atoms with Crippen LogP contribution in [0.4, 0.5) is 5.69 Å². The first-order valence-electron chi connectivity index (χ1n) is 7.00. The number of nitrogens with one attached hydrogen (secondary N) is 1. The Balaban J connectivity index is 2.23. The molecule has 0 saturated heterocycles. The topological polar surface area (TPSA) is 27.1 Å². The fraction of sp³-hybridized carbons (Fsp3) is 0.278. The first-order valence-corrected chi connectivity index (χ1v) is 7.00. The van der Waals surface area contributed by atoms with Crippen LogP contribution in [0.3, 0.4) is 0 Å². The second kappa shape index (κ2) is 4.48. The van der Waals surface area contributed by atoms with E-state index in [-0.39, 0.29) is 0 Å². The van der Waals surface area contributed by atoms with Gasteiger partial charge in [-0.2, -0.15) is 0 Å². The average molecular weight is 264 g/mol. The SMILES string of the molecule is CC1=C2C=CC(=N)C=C2C(C)c2cc(N(C)C)ccc21. The molecule has 0 spiro atoms. The molecule has 1 unspecified atom stereocenters. The Hall–Kier alpha value is -2.09. The highest BCUT2D eigenvalue weighted by molar-refractivity contribution is 6.06. The molecular weight excluding hydrogens is 244 g/mol. The zero-order valence-electron chi connectivity index (χ0n) is 12.5. The monoisotopic (exact) mass is 264 g/mol. The van der Waals surface area contributed by atoms with E-state index in [1.807, 2.05) is 12.2 Å². The van der Waals surface area contributed by atoms with E-state index in [2.05, 4.69) is 57.1 Å². The van der Waals surface area contributed by atoms with Crippen molar-refractivity contribution < 1.29 is 0 Å². The summed E-state index contributed by atoms with van der Waals surface area (Å²) in [6.07, 6.45) is 5.98. The normalized spacial score (nSPS) is 20.5. The fourth-order valence-corrected chi connectivity index (χ4v) is 3.10. The zero-order valence-corrected chi connectivity index (χ0v) is 12.5. The highest BCUT2D eigenvalue weighted by Crippen LogP contribution is 2.44. The standard InChI is InChI=1S/C18H20N2/c1-11-15-7-5-13(19)9-17(15)12(2)18-10-14(20(3)4)6-8-16(11)18/h5-10,12,19H,1-4H3. The van der Waals surface area contributed by atoms with E-state index >= 15 is 0 Å². The molecule has 2 aliphatic carbocycles. The number of allylic oxidation sites excluding steroid dienone is 6. The van der Waals surface area contributed by atoms with Crippen LogP contribution in [0.25, 0.3) is 5.57 Å². The van der Waals surface area contributed by atoms with Gasteiger partial charge in [0.2, 0.25) is 0 Å². The third kappa shape index (κ3) is 1.83. The predicted molar refractivity (Wildman–Crippen MR) is 86.7 cm³/mol. The van der Waals surface area contributed by atoms with Crippen LogP contribution in [0.15, 0.2) is 47.6 Å². The summed E-state index contributed by atoms with van der Waals surface area (Å²) in [5.74, 6) is 0.342. The van der Waals surface area contributed by atoms with Crippen LogP contribution in [-0.2, 0) is 0 Å². The molecule has 0 bridgehead atoms. The van der Waals surface area contributed by atoms with Crippen molar-refractivity contribution in [2.45, 2.75) is 19.8 Å². The maximum absolute atomic E-state index is 7.87. The second-order valence-corrected chi connectivity index (χ2v) is 5.81. The van der Waals surface area contributed by atoms with Gasteiger partial charge in [0.05, 0.1) is 5.71 Å². The summed E-state index contributed by atoms with van der Waals surface area (Å²) in [4.78, 5) is 2.14. The molecular formula is C18H20N2. The van der Waals surface area contributed by atoms with Gasteiger partial charge in [-0.3, -0.25) is 0 Å². The molecule has 20 heavy (non-hydrogen) atoms. The maximum Gasteiger partial charge on any atom is 0.0543 e. The van der Waals surface area contributed by atoms with Crippen LogP contribution in [0.5, 0.6) is 0 Å². The number of anilines is 1. The lowest BCUT2D eigenvalue weighted by Crippen LogP contribution is -2.16. The van der Waals surface area contributed by atoms with Gasteiger partial charge in [-0.1, -0.05) is 19.1 Å². The molecule has 1 atom stereocenters. The first-order chi connectivity index (χ1) is 9.49. The molecule has 1 aromatic rings. The van der Waals surface area contributed by atoms with Crippen molar-refractivity contribution in [3.8, 4) is 0 Å². The Bertz CT molecular complexity index is 687. The van der Waals surface area contributed by atoms with E-state index in [1.54, 1.807) is 0 Å². The van der Waals surface area contributed by atoms with Crippen LogP contribution in [0.2, 0.25) is 0 Å². The molecule has 102 valence electrons. The van der Waals surface area contributed by atoms with Gasteiger partial charge < -0.3 is 10.3 Å².